The minimum absolute atomic E-state index is 0.348. The molecule has 0 saturated carbocycles. The molecular formula is C11H13BrClNO3. The van der Waals surface area contributed by atoms with Crippen LogP contribution in [0.1, 0.15) is 17.3 Å². The zero-order valence-electron chi connectivity index (χ0n) is 9.20. The minimum atomic E-state index is -1.05. The van der Waals surface area contributed by atoms with Crippen molar-refractivity contribution in [3.63, 3.8) is 0 Å². The van der Waals surface area contributed by atoms with Gasteiger partial charge in [-0.1, -0.05) is 11.6 Å². The van der Waals surface area contributed by atoms with Crippen LogP contribution in [-0.4, -0.2) is 34.9 Å². The summed E-state index contributed by atoms with van der Waals surface area (Å²) in [6.07, 6.45) is 0. The second kappa shape index (κ2) is 5.82. The van der Waals surface area contributed by atoms with Crippen LogP contribution >= 0.6 is 27.5 Å². The first-order valence-electron chi connectivity index (χ1n) is 4.91. The van der Waals surface area contributed by atoms with Crippen molar-refractivity contribution in [2.24, 2.45) is 0 Å². The molecule has 0 fully saturated rings. The fraction of sp³-hybridized carbons (Fsp3) is 0.364. The van der Waals surface area contributed by atoms with Crippen molar-refractivity contribution >= 4 is 33.4 Å². The van der Waals surface area contributed by atoms with E-state index < -0.39 is 11.4 Å². The van der Waals surface area contributed by atoms with Gasteiger partial charge in [0.2, 0.25) is 0 Å². The van der Waals surface area contributed by atoms with Gasteiger partial charge in [0, 0.05) is 10.0 Å². The van der Waals surface area contributed by atoms with Crippen molar-refractivity contribution in [2.75, 3.05) is 13.2 Å². The molecule has 0 aliphatic carbocycles. The summed E-state index contributed by atoms with van der Waals surface area (Å²) in [4.78, 5) is 11.8. The standard InChI is InChI=1S/C11H13BrClNO3/c1-11(5-15,6-16)14-10(17)7-2-3-8(12)9(13)4-7/h2-4,15-16H,5-6H2,1H3,(H,14,17). The van der Waals surface area contributed by atoms with Crippen LogP contribution in [0.2, 0.25) is 5.02 Å². The van der Waals surface area contributed by atoms with E-state index in [1.165, 1.54) is 6.07 Å². The predicted octanol–water partition coefficient (Wildman–Crippen LogP) is 1.58. The van der Waals surface area contributed by atoms with Crippen molar-refractivity contribution in [3.8, 4) is 0 Å². The SMILES string of the molecule is CC(CO)(CO)NC(=O)c1ccc(Br)c(Cl)c1. The van der Waals surface area contributed by atoms with Crippen molar-refractivity contribution < 1.29 is 15.0 Å². The largest absolute Gasteiger partial charge is 0.394 e. The number of rotatable bonds is 4. The quantitative estimate of drug-likeness (QED) is 0.788. The van der Waals surface area contributed by atoms with Gasteiger partial charge in [0.25, 0.3) is 5.91 Å². The van der Waals surface area contributed by atoms with E-state index >= 15 is 0 Å². The molecule has 4 nitrogen and oxygen atoms in total. The van der Waals surface area contributed by atoms with Crippen LogP contribution in [0, 0.1) is 0 Å². The smallest absolute Gasteiger partial charge is 0.251 e. The van der Waals surface area contributed by atoms with E-state index in [2.05, 4.69) is 21.2 Å². The van der Waals surface area contributed by atoms with Crippen LogP contribution in [0.4, 0.5) is 0 Å². The predicted molar refractivity (Wildman–Crippen MR) is 69.2 cm³/mol. The fourth-order valence-electron chi connectivity index (χ4n) is 1.11. The Bertz CT molecular complexity index is 421. The van der Waals surface area contributed by atoms with Gasteiger partial charge in [-0.2, -0.15) is 0 Å². The summed E-state index contributed by atoms with van der Waals surface area (Å²) in [6, 6.07) is 4.77. The molecule has 0 unspecified atom stereocenters. The summed E-state index contributed by atoms with van der Waals surface area (Å²) in [5.41, 5.74) is -0.678. The van der Waals surface area contributed by atoms with E-state index in [0.29, 0.717) is 15.1 Å². The first-order chi connectivity index (χ1) is 7.91. The maximum atomic E-state index is 11.8. The number of carbonyl (C=O) groups excluding carboxylic acids is 1. The molecule has 3 N–H and O–H groups in total. The first kappa shape index (κ1) is 14.4. The highest BCUT2D eigenvalue weighted by molar-refractivity contribution is 9.10. The van der Waals surface area contributed by atoms with Gasteiger partial charge in [-0.05, 0) is 41.1 Å². The molecule has 0 atom stereocenters. The Hall–Kier alpha value is -0.620. The molecule has 0 bridgehead atoms. The number of carbonyl (C=O) groups is 1. The van der Waals surface area contributed by atoms with Crippen LogP contribution in [0.3, 0.4) is 0 Å². The molecule has 1 amide bonds. The number of halogens is 2. The Morgan fingerprint density at radius 2 is 2.06 bits per heavy atom. The maximum absolute atomic E-state index is 11.8. The van der Waals surface area contributed by atoms with Crippen molar-refractivity contribution in [2.45, 2.75) is 12.5 Å². The lowest BCUT2D eigenvalue weighted by Gasteiger charge is -2.26. The molecule has 1 rings (SSSR count). The highest BCUT2D eigenvalue weighted by atomic mass is 79.9. The van der Waals surface area contributed by atoms with E-state index in [1.807, 2.05) is 0 Å². The Morgan fingerprint density at radius 1 is 1.47 bits per heavy atom. The van der Waals surface area contributed by atoms with Crippen molar-refractivity contribution in [1.29, 1.82) is 0 Å². The number of aliphatic hydroxyl groups excluding tert-OH is 2. The van der Waals surface area contributed by atoms with E-state index in [0.717, 1.165) is 0 Å². The van der Waals surface area contributed by atoms with Crippen molar-refractivity contribution in [3.05, 3.63) is 33.3 Å². The van der Waals surface area contributed by atoms with Gasteiger partial charge < -0.3 is 15.5 Å². The summed E-state index contributed by atoms with van der Waals surface area (Å²) >= 11 is 9.09. The van der Waals surface area contributed by atoms with Crippen molar-refractivity contribution in [1.82, 2.24) is 5.32 Å². The highest BCUT2D eigenvalue weighted by Crippen LogP contribution is 2.23. The molecule has 0 spiro atoms. The molecular weight excluding hydrogens is 309 g/mol. The normalized spacial score (nSPS) is 11.4. The third kappa shape index (κ3) is 3.67. The van der Waals surface area contributed by atoms with Crippen LogP contribution in [0.25, 0.3) is 0 Å². The van der Waals surface area contributed by atoms with Gasteiger partial charge in [0.15, 0.2) is 0 Å². The van der Waals surface area contributed by atoms with Crippen LogP contribution in [0.15, 0.2) is 22.7 Å². The van der Waals surface area contributed by atoms with Gasteiger partial charge >= 0.3 is 0 Å². The maximum Gasteiger partial charge on any atom is 0.251 e. The number of aliphatic hydroxyl groups is 2. The molecule has 0 aliphatic heterocycles. The Kier molecular flexibility index (Phi) is 4.94. The monoisotopic (exact) mass is 321 g/mol. The van der Waals surface area contributed by atoms with Crippen LogP contribution < -0.4 is 5.32 Å². The third-order valence-corrected chi connectivity index (χ3v) is 3.53. The van der Waals surface area contributed by atoms with Gasteiger partial charge in [0.05, 0.1) is 23.8 Å². The van der Waals surface area contributed by atoms with Gasteiger partial charge in [-0.25, -0.2) is 0 Å². The summed E-state index contributed by atoms with van der Waals surface area (Å²) in [5, 5.41) is 21.1. The first-order valence-corrected chi connectivity index (χ1v) is 6.08. The molecule has 1 aromatic rings. The van der Waals surface area contributed by atoms with E-state index in [1.54, 1.807) is 19.1 Å². The van der Waals surface area contributed by atoms with E-state index in [4.69, 9.17) is 21.8 Å². The Labute approximate surface area is 113 Å². The molecule has 0 aliphatic rings. The molecule has 94 valence electrons. The lowest BCUT2D eigenvalue weighted by Crippen LogP contribution is -2.51. The molecule has 6 heteroatoms. The second-order valence-electron chi connectivity index (χ2n) is 3.96. The van der Waals surface area contributed by atoms with Crippen LogP contribution in [0.5, 0.6) is 0 Å². The van der Waals surface area contributed by atoms with Gasteiger partial charge in [0.1, 0.15) is 0 Å². The number of benzene rings is 1. The number of hydrogen-bond acceptors (Lipinski definition) is 3. The zero-order valence-corrected chi connectivity index (χ0v) is 11.5. The van der Waals surface area contributed by atoms with Crippen LogP contribution in [-0.2, 0) is 0 Å². The van der Waals surface area contributed by atoms with Gasteiger partial charge in [-0.15, -0.1) is 0 Å². The number of nitrogens with one attached hydrogen (secondary N) is 1. The fourth-order valence-corrected chi connectivity index (χ4v) is 1.54. The molecule has 0 saturated heterocycles. The Balaban J connectivity index is 2.86. The summed E-state index contributed by atoms with van der Waals surface area (Å²) < 4.78 is 0.697. The third-order valence-electron chi connectivity index (χ3n) is 2.30. The number of hydrogen-bond donors (Lipinski definition) is 3. The van der Waals surface area contributed by atoms with E-state index in [9.17, 15) is 4.79 Å². The average Bonchev–Trinajstić information content (AvgIpc) is 2.32. The average molecular weight is 323 g/mol. The second-order valence-corrected chi connectivity index (χ2v) is 5.22. The highest BCUT2D eigenvalue weighted by Gasteiger charge is 2.25. The molecule has 1 aromatic carbocycles. The summed E-state index contributed by atoms with van der Waals surface area (Å²) in [7, 11) is 0. The lowest BCUT2D eigenvalue weighted by molar-refractivity contribution is 0.0724. The lowest BCUT2D eigenvalue weighted by atomic mass is 10.0. The number of amides is 1. The topological polar surface area (TPSA) is 69.6 Å². The molecule has 17 heavy (non-hydrogen) atoms. The van der Waals surface area contributed by atoms with Gasteiger partial charge in [-0.3, -0.25) is 4.79 Å². The molecule has 0 radical (unpaired) electrons. The Morgan fingerprint density at radius 3 is 2.53 bits per heavy atom. The molecule has 0 aromatic heterocycles. The summed E-state index contributed by atoms with van der Waals surface area (Å²) in [5.74, 6) is -0.398. The molecule has 0 heterocycles. The zero-order chi connectivity index (χ0) is 13.1. The minimum Gasteiger partial charge on any atom is -0.394 e. The van der Waals surface area contributed by atoms with E-state index in [-0.39, 0.29) is 13.2 Å². The summed E-state index contributed by atoms with van der Waals surface area (Å²) in [6.45, 7) is 0.852.